The van der Waals surface area contributed by atoms with Crippen LogP contribution in [0, 0.1) is 11.8 Å². The number of halogens is 1. The lowest BCUT2D eigenvalue weighted by Gasteiger charge is -2.05. The molecule has 1 heteroatoms. The summed E-state index contributed by atoms with van der Waals surface area (Å²) >= 11 is 3.28. The maximum atomic E-state index is 3.28. The van der Waals surface area contributed by atoms with Crippen molar-refractivity contribution in [3.8, 4) is 11.8 Å². The lowest BCUT2D eigenvalue weighted by molar-refractivity contribution is 0.715. The molecule has 0 aromatic heterocycles. The van der Waals surface area contributed by atoms with Crippen molar-refractivity contribution in [1.29, 1.82) is 0 Å². The van der Waals surface area contributed by atoms with Gasteiger partial charge in [-0.1, -0.05) is 33.8 Å². The molecule has 0 heterocycles. The molecule has 1 rings (SSSR count). The second-order valence-corrected chi connectivity index (χ2v) is 2.97. The summed E-state index contributed by atoms with van der Waals surface area (Å²) in [4.78, 5) is 0. The Morgan fingerprint density at radius 1 is 1.50 bits per heavy atom. The van der Waals surface area contributed by atoms with Gasteiger partial charge in [0.2, 0.25) is 0 Å². The van der Waals surface area contributed by atoms with Crippen LogP contribution in [0.5, 0.6) is 0 Å². The minimum absolute atomic E-state index is 0.796. The molecule has 0 atom stereocenters. The van der Waals surface area contributed by atoms with Crippen LogP contribution >= 0.6 is 15.9 Å². The molecule has 0 unspecified atom stereocenters. The Bertz CT molecular complexity index is 181. The van der Waals surface area contributed by atoms with Crippen LogP contribution in [-0.2, 0) is 0 Å². The molecule has 0 saturated carbocycles. The van der Waals surface area contributed by atoms with Crippen LogP contribution in [0.15, 0.2) is 11.6 Å². The van der Waals surface area contributed by atoms with E-state index in [9.17, 15) is 0 Å². The molecule has 0 amide bonds. The van der Waals surface area contributed by atoms with Gasteiger partial charge in [-0.15, -0.1) is 0 Å². The molecule has 54 valence electrons. The van der Waals surface area contributed by atoms with Crippen LogP contribution < -0.4 is 0 Å². The lowest BCUT2D eigenvalue weighted by Crippen LogP contribution is -1.88. The minimum atomic E-state index is 0.796. The fourth-order valence-corrected chi connectivity index (χ4v) is 1.24. The summed E-state index contributed by atoms with van der Waals surface area (Å²) in [6.45, 7) is 0. The number of hydrogen-bond donors (Lipinski definition) is 0. The van der Waals surface area contributed by atoms with Gasteiger partial charge in [0.1, 0.15) is 0 Å². The summed E-state index contributed by atoms with van der Waals surface area (Å²) in [5.74, 6) is 6.15. The van der Waals surface area contributed by atoms with Crippen LogP contribution in [0.25, 0.3) is 0 Å². The predicted molar refractivity (Wildman–Crippen MR) is 48.1 cm³/mol. The van der Waals surface area contributed by atoms with E-state index in [0.717, 1.165) is 5.33 Å². The van der Waals surface area contributed by atoms with E-state index in [1.807, 2.05) is 0 Å². The average molecular weight is 199 g/mol. The van der Waals surface area contributed by atoms with E-state index in [0.29, 0.717) is 0 Å². The Morgan fingerprint density at radius 3 is 3.00 bits per heavy atom. The van der Waals surface area contributed by atoms with E-state index < -0.39 is 0 Å². The first-order chi connectivity index (χ1) is 4.93. The zero-order chi connectivity index (χ0) is 7.23. The first kappa shape index (κ1) is 7.88. The van der Waals surface area contributed by atoms with E-state index in [1.165, 1.54) is 31.3 Å². The van der Waals surface area contributed by atoms with Gasteiger partial charge in [0.25, 0.3) is 0 Å². The van der Waals surface area contributed by atoms with Crippen molar-refractivity contribution in [2.45, 2.75) is 25.7 Å². The van der Waals surface area contributed by atoms with Crippen molar-refractivity contribution < 1.29 is 0 Å². The van der Waals surface area contributed by atoms with Crippen molar-refractivity contribution in [2.24, 2.45) is 0 Å². The topological polar surface area (TPSA) is 0 Å². The fraction of sp³-hybridized carbons (Fsp3) is 0.556. The average Bonchev–Trinajstić information content (AvgIpc) is 2.03. The van der Waals surface area contributed by atoms with Crippen molar-refractivity contribution in [1.82, 2.24) is 0 Å². The standard InChI is InChI=1S/C9H11Br/c10-8-4-7-9-5-2-1-3-6-9/h5H,1-3,6,8H2. The second-order valence-electron chi connectivity index (χ2n) is 2.41. The molecular formula is C9H11Br. The molecule has 0 saturated heterocycles. The molecule has 0 aromatic rings. The Hall–Kier alpha value is -0.220. The van der Waals surface area contributed by atoms with Crippen molar-refractivity contribution >= 4 is 15.9 Å². The van der Waals surface area contributed by atoms with E-state index in [4.69, 9.17) is 0 Å². The molecule has 0 aliphatic heterocycles. The fourth-order valence-electron chi connectivity index (χ4n) is 1.10. The quantitative estimate of drug-likeness (QED) is 0.415. The first-order valence-corrected chi connectivity index (χ1v) is 4.79. The largest absolute Gasteiger partial charge is 0.0867 e. The van der Waals surface area contributed by atoms with Crippen LogP contribution in [0.3, 0.4) is 0 Å². The smallest absolute Gasteiger partial charge is 0.0649 e. The molecule has 10 heavy (non-hydrogen) atoms. The van der Waals surface area contributed by atoms with Crippen molar-refractivity contribution in [3.63, 3.8) is 0 Å². The molecule has 1 aliphatic carbocycles. The Balaban J connectivity index is 2.46. The molecule has 0 aromatic carbocycles. The van der Waals surface area contributed by atoms with Crippen LogP contribution in [0.2, 0.25) is 0 Å². The van der Waals surface area contributed by atoms with Crippen LogP contribution in [-0.4, -0.2) is 5.33 Å². The summed E-state index contributed by atoms with van der Waals surface area (Å²) in [6.07, 6.45) is 7.35. The number of hydrogen-bond acceptors (Lipinski definition) is 0. The van der Waals surface area contributed by atoms with Gasteiger partial charge in [-0.2, -0.15) is 0 Å². The number of alkyl halides is 1. The highest BCUT2D eigenvalue weighted by Gasteiger charge is 1.98. The highest BCUT2D eigenvalue weighted by molar-refractivity contribution is 9.09. The highest BCUT2D eigenvalue weighted by Crippen LogP contribution is 2.15. The summed E-state index contributed by atoms with van der Waals surface area (Å²) in [6, 6.07) is 0. The van der Waals surface area contributed by atoms with Crippen LogP contribution in [0.4, 0.5) is 0 Å². The SMILES string of the molecule is BrCC#CC1=CCCCC1. The minimum Gasteiger partial charge on any atom is -0.0867 e. The Morgan fingerprint density at radius 2 is 2.40 bits per heavy atom. The maximum absolute atomic E-state index is 3.28. The van der Waals surface area contributed by atoms with Crippen LogP contribution in [0.1, 0.15) is 25.7 Å². The normalized spacial score (nSPS) is 17.1. The van der Waals surface area contributed by atoms with Gasteiger partial charge in [-0.25, -0.2) is 0 Å². The molecule has 0 bridgehead atoms. The molecule has 0 nitrogen and oxygen atoms in total. The van der Waals surface area contributed by atoms with E-state index >= 15 is 0 Å². The van der Waals surface area contributed by atoms with E-state index in [2.05, 4.69) is 33.8 Å². The predicted octanol–water partition coefficient (Wildman–Crippen LogP) is 2.89. The van der Waals surface area contributed by atoms with Gasteiger partial charge in [0.15, 0.2) is 0 Å². The van der Waals surface area contributed by atoms with Crippen molar-refractivity contribution in [3.05, 3.63) is 11.6 Å². The van der Waals surface area contributed by atoms with Gasteiger partial charge in [-0.3, -0.25) is 0 Å². The second kappa shape index (κ2) is 4.57. The molecule has 0 radical (unpaired) electrons. The third-order valence-electron chi connectivity index (χ3n) is 1.61. The zero-order valence-corrected chi connectivity index (χ0v) is 7.58. The summed E-state index contributed by atoms with van der Waals surface area (Å²) < 4.78 is 0. The lowest BCUT2D eigenvalue weighted by atomic mass is 10.0. The molecular weight excluding hydrogens is 188 g/mol. The van der Waals surface area contributed by atoms with E-state index in [1.54, 1.807) is 0 Å². The van der Waals surface area contributed by atoms with Gasteiger partial charge in [0.05, 0.1) is 5.33 Å². The summed E-state index contributed by atoms with van der Waals surface area (Å²) in [7, 11) is 0. The number of rotatable bonds is 0. The highest BCUT2D eigenvalue weighted by atomic mass is 79.9. The molecule has 0 fully saturated rings. The first-order valence-electron chi connectivity index (χ1n) is 3.67. The van der Waals surface area contributed by atoms with Gasteiger partial charge < -0.3 is 0 Å². The molecule has 0 spiro atoms. The summed E-state index contributed by atoms with van der Waals surface area (Å²) in [5.41, 5.74) is 1.34. The maximum Gasteiger partial charge on any atom is 0.0649 e. The van der Waals surface area contributed by atoms with Gasteiger partial charge in [0, 0.05) is 0 Å². The molecule has 1 aliphatic rings. The monoisotopic (exact) mass is 198 g/mol. The van der Waals surface area contributed by atoms with Gasteiger partial charge in [-0.05, 0) is 31.3 Å². The van der Waals surface area contributed by atoms with E-state index in [-0.39, 0.29) is 0 Å². The summed E-state index contributed by atoms with van der Waals surface area (Å²) in [5, 5.41) is 0.796. The zero-order valence-electron chi connectivity index (χ0n) is 5.99. The Kier molecular flexibility index (Phi) is 3.60. The Labute approximate surface area is 70.8 Å². The third-order valence-corrected chi connectivity index (χ3v) is 1.89. The molecule has 0 N–H and O–H groups in total. The van der Waals surface area contributed by atoms with Gasteiger partial charge >= 0.3 is 0 Å². The van der Waals surface area contributed by atoms with Crippen molar-refractivity contribution in [2.75, 3.05) is 5.33 Å². The third kappa shape index (κ3) is 2.58. The number of allylic oxidation sites excluding steroid dienone is 2.